The first-order valence-electron chi connectivity index (χ1n) is 12.1. The lowest BCUT2D eigenvalue weighted by Crippen LogP contribution is -2.52. The summed E-state index contributed by atoms with van der Waals surface area (Å²) in [6.45, 7) is 4.26. The summed E-state index contributed by atoms with van der Waals surface area (Å²) in [5, 5.41) is 11.6. The summed E-state index contributed by atoms with van der Waals surface area (Å²) >= 11 is 0. The Morgan fingerprint density at radius 1 is 1.14 bits per heavy atom. The summed E-state index contributed by atoms with van der Waals surface area (Å²) in [4.78, 5) is 21.5. The number of urea groups is 1. The fourth-order valence-electron chi connectivity index (χ4n) is 5.24. The molecule has 36 heavy (non-hydrogen) atoms. The second-order valence-electron chi connectivity index (χ2n) is 9.64. The molecule has 2 aliphatic heterocycles. The van der Waals surface area contributed by atoms with E-state index in [1.165, 1.54) is 12.1 Å². The second-order valence-corrected chi connectivity index (χ2v) is 9.64. The molecule has 0 saturated carbocycles. The third kappa shape index (κ3) is 4.19. The van der Waals surface area contributed by atoms with Crippen LogP contribution in [-0.2, 0) is 13.1 Å². The summed E-state index contributed by atoms with van der Waals surface area (Å²) in [7, 11) is 0. The van der Waals surface area contributed by atoms with Gasteiger partial charge in [0.05, 0.1) is 5.52 Å². The molecule has 1 saturated heterocycles. The Morgan fingerprint density at radius 2 is 2.03 bits per heavy atom. The number of nitrogens with one attached hydrogen (secondary N) is 2. The van der Waals surface area contributed by atoms with Gasteiger partial charge >= 0.3 is 6.03 Å². The molecule has 2 aromatic carbocycles. The van der Waals surface area contributed by atoms with Crippen molar-refractivity contribution >= 4 is 22.6 Å². The average Bonchev–Trinajstić information content (AvgIpc) is 3.27. The van der Waals surface area contributed by atoms with Crippen LogP contribution in [0, 0.1) is 18.6 Å². The van der Waals surface area contributed by atoms with Gasteiger partial charge in [0.25, 0.3) is 0 Å². The number of aryl methyl sites for hydroxylation is 1. The maximum absolute atomic E-state index is 14.2. The van der Waals surface area contributed by atoms with E-state index in [0.717, 1.165) is 64.6 Å². The number of likely N-dealkylation sites (tertiary alicyclic amines) is 1. The first kappa shape index (κ1) is 22.6. The Kier molecular flexibility index (Phi) is 5.64. The van der Waals surface area contributed by atoms with Gasteiger partial charge in [-0.25, -0.2) is 13.6 Å². The molecule has 0 spiro atoms. The van der Waals surface area contributed by atoms with Crippen molar-refractivity contribution in [1.29, 1.82) is 0 Å². The zero-order valence-corrected chi connectivity index (χ0v) is 19.9. The van der Waals surface area contributed by atoms with Gasteiger partial charge in [-0.1, -0.05) is 6.07 Å². The monoisotopic (exact) mass is 488 g/mol. The van der Waals surface area contributed by atoms with Gasteiger partial charge in [0, 0.05) is 65.8 Å². The lowest BCUT2D eigenvalue weighted by Gasteiger charge is -2.41. The van der Waals surface area contributed by atoms with E-state index in [-0.39, 0.29) is 12.1 Å². The van der Waals surface area contributed by atoms with Crippen LogP contribution >= 0.6 is 0 Å². The summed E-state index contributed by atoms with van der Waals surface area (Å²) in [6, 6.07) is 11.5. The van der Waals surface area contributed by atoms with Crippen LogP contribution in [0.3, 0.4) is 0 Å². The van der Waals surface area contributed by atoms with E-state index in [4.69, 9.17) is 0 Å². The lowest BCUT2D eigenvalue weighted by atomic mass is 9.99. The molecule has 184 valence electrons. The number of benzene rings is 2. The van der Waals surface area contributed by atoms with Crippen LogP contribution in [0.1, 0.15) is 29.7 Å². The van der Waals surface area contributed by atoms with Crippen LogP contribution in [0.5, 0.6) is 0 Å². The standard InChI is InChI=1S/C27H26F2N6O/c1-16-4-5-17(12-30-16)26-22-9-19-14-35(27(36)31-24(19)11-25(22)32-33-26)21-3-2-8-34(15-21)13-18-6-7-20(28)10-23(18)29/h4-7,9-12,21H,2-3,8,13-15H2,1H3,(H,31,36)(H,32,33)/t21-/m1/s1. The second kappa shape index (κ2) is 8.98. The number of piperidine rings is 1. The molecule has 0 unspecified atom stereocenters. The molecule has 2 amide bonds. The number of hydrogen-bond donors (Lipinski definition) is 2. The first-order valence-corrected chi connectivity index (χ1v) is 12.1. The van der Waals surface area contributed by atoms with E-state index >= 15 is 0 Å². The predicted molar refractivity (Wildman–Crippen MR) is 133 cm³/mol. The highest BCUT2D eigenvalue weighted by Crippen LogP contribution is 2.34. The number of halogens is 2. The number of hydrogen-bond acceptors (Lipinski definition) is 4. The van der Waals surface area contributed by atoms with Gasteiger partial charge in [0.15, 0.2) is 0 Å². The SMILES string of the molecule is Cc1ccc(-c2n[nH]c3cc4c(cc23)CN([C@@H]2CCCN(Cc3ccc(F)cc3F)C2)C(=O)N4)cn1. The molecule has 0 bridgehead atoms. The fourth-order valence-corrected chi connectivity index (χ4v) is 5.24. The third-order valence-electron chi connectivity index (χ3n) is 7.15. The van der Waals surface area contributed by atoms with Crippen molar-refractivity contribution in [2.75, 3.05) is 18.4 Å². The summed E-state index contributed by atoms with van der Waals surface area (Å²) in [5.41, 5.74) is 5.81. The fraction of sp³-hybridized carbons (Fsp3) is 0.296. The maximum Gasteiger partial charge on any atom is 0.322 e. The zero-order chi connectivity index (χ0) is 24.8. The van der Waals surface area contributed by atoms with Gasteiger partial charge in [-0.15, -0.1) is 0 Å². The smallest absolute Gasteiger partial charge is 0.316 e. The number of nitrogens with zero attached hydrogens (tertiary/aromatic N) is 4. The normalized spacial score (nSPS) is 18.4. The van der Waals surface area contributed by atoms with Crippen LogP contribution in [-0.4, -0.2) is 50.1 Å². The van der Waals surface area contributed by atoms with E-state index in [1.807, 2.05) is 36.2 Å². The summed E-state index contributed by atoms with van der Waals surface area (Å²) in [5.74, 6) is -1.12. The molecule has 0 aliphatic carbocycles. The molecule has 2 aliphatic rings. The van der Waals surface area contributed by atoms with Crippen LogP contribution in [0.2, 0.25) is 0 Å². The van der Waals surface area contributed by atoms with Crippen LogP contribution < -0.4 is 5.32 Å². The molecule has 1 atom stereocenters. The molecule has 6 rings (SSSR count). The highest BCUT2D eigenvalue weighted by Gasteiger charge is 2.33. The Morgan fingerprint density at radius 3 is 2.83 bits per heavy atom. The van der Waals surface area contributed by atoms with Crippen molar-refractivity contribution in [1.82, 2.24) is 25.0 Å². The van der Waals surface area contributed by atoms with Crippen LogP contribution in [0.15, 0.2) is 48.7 Å². The number of pyridine rings is 1. The topological polar surface area (TPSA) is 77.2 Å². The number of carbonyl (C=O) groups excluding carboxylic acids is 1. The number of aromatic amines is 1. The minimum absolute atomic E-state index is 0.00350. The zero-order valence-electron chi connectivity index (χ0n) is 19.9. The van der Waals surface area contributed by atoms with Gasteiger partial charge in [-0.05, 0) is 62.2 Å². The lowest BCUT2D eigenvalue weighted by molar-refractivity contribution is 0.107. The summed E-state index contributed by atoms with van der Waals surface area (Å²) in [6.07, 6.45) is 3.59. The van der Waals surface area contributed by atoms with Gasteiger partial charge in [-0.3, -0.25) is 15.0 Å². The predicted octanol–water partition coefficient (Wildman–Crippen LogP) is 5.22. The number of anilines is 1. The van der Waals surface area contributed by atoms with Crippen LogP contribution in [0.25, 0.3) is 22.2 Å². The van der Waals surface area contributed by atoms with Gasteiger partial charge in [0.1, 0.15) is 17.3 Å². The van der Waals surface area contributed by atoms with Crippen molar-refractivity contribution in [3.05, 3.63) is 77.1 Å². The molecule has 9 heteroatoms. The highest BCUT2D eigenvalue weighted by molar-refractivity contribution is 6.00. The molecule has 0 radical (unpaired) electrons. The Hall–Kier alpha value is -3.85. The minimum atomic E-state index is -0.579. The number of carbonyl (C=O) groups is 1. The van der Waals surface area contributed by atoms with E-state index in [1.54, 1.807) is 0 Å². The van der Waals surface area contributed by atoms with Gasteiger partial charge in [0.2, 0.25) is 0 Å². The molecule has 4 aromatic rings. The molecular weight excluding hydrogens is 462 g/mol. The van der Waals surface area contributed by atoms with E-state index in [9.17, 15) is 13.6 Å². The number of amides is 2. The van der Waals surface area contributed by atoms with Crippen molar-refractivity contribution in [2.45, 2.75) is 38.9 Å². The van der Waals surface area contributed by atoms with Crippen molar-refractivity contribution in [3.63, 3.8) is 0 Å². The minimum Gasteiger partial charge on any atom is -0.316 e. The first-order chi connectivity index (χ1) is 17.4. The van der Waals surface area contributed by atoms with E-state index in [2.05, 4.69) is 31.5 Å². The van der Waals surface area contributed by atoms with Crippen molar-refractivity contribution in [2.24, 2.45) is 0 Å². The van der Waals surface area contributed by atoms with Gasteiger partial charge < -0.3 is 10.2 Å². The van der Waals surface area contributed by atoms with Gasteiger partial charge in [-0.2, -0.15) is 5.10 Å². The molecular formula is C27H26F2N6O. The van der Waals surface area contributed by atoms with Crippen molar-refractivity contribution < 1.29 is 13.6 Å². The largest absolute Gasteiger partial charge is 0.322 e. The number of aromatic nitrogens is 3. The Balaban J connectivity index is 1.24. The molecule has 1 fully saturated rings. The molecule has 2 aromatic heterocycles. The van der Waals surface area contributed by atoms with E-state index < -0.39 is 11.6 Å². The highest BCUT2D eigenvalue weighted by atomic mass is 19.1. The molecule has 2 N–H and O–H groups in total. The number of fused-ring (bicyclic) bond motifs is 2. The number of H-pyrrole nitrogens is 1. The quantitative estimate of drug-likeness (QED) is 0.413. The molecule has 7 nitrogen and oxygen atoms in total. The maximum atomic E-state index is 14.2. The molecule has 4 heterocycles. The average molecular weight is 489 g/mol. The van der Waals surface area contributed by atoms with Crippen LogP contribution in [0.4, 0.5) is 19.3 Å². The summed E-state index contributed by atoms with van der Waals surface area (Å²) < 4.78 is 27.5. The Labute approximate surface area is 207 Å². The van der Waals surface area contributed by atoms with E-state index in [0.29, 0.717) is 25.2 Å². The third-order valence-corrected chi connectivity index (χ3v) is 7.15. The Bertz CT molecular complexity index is 1450. The number of rotatable bonds is 4. The van der Waals surface area contributed by atoms with Crippen molar-refractivity contribution in [3.8, 4) is 11.3 Å².